The van der Waals surface area contributed by atoms with Crippen LogP contribution in [0.1, 0.15) is 61.9 Å². The molecule has 1 aromatic heterocycles. The van der Waals surface area contributed by atoms with Gasteiger partial charge in [0, 0.05) is 17.8 Å². The van der Waals surface area contributed by atoms with Crippen LogP contribution in [0.3, 0.4) is 0 Å². The second-order valence-corrected chi connectivity index (χ2v) is 11.6. The number of aromatic nitrogens is 2. The Hall–Kier alpha value is -2.92. The lowest BCUT2D eigenvalue weighted by molar-refractivity contribution is 0.0999. The lowest BCUT2D eigenvalue weighted by Crippen LogP contribution is -2.48. The van der Waals surface area contributed by atoms with E-state index in [1.807, 2.05) is 13.8 Å². The maximum atomic E-state index is 12.6. The Balaban J connectivity index is 1.88. The Bertz CT molecular complexity index is 1220. The predicted octanol–water partition coefficient (Wildman–Crippen LogP) is 2.42. The van der Waals surface area contributed by atoms with Crippen LogP contribution in [0.4, 0.5) is 17.5 Å². The number of hydrogen-bond donors (Lipinski definition) is 5. The van der Waals surface area contributed by atoms with Gasteiger partial charge in [0.2, 0.25) is 5.95 Å². The summed E-state index contributed by atoms with van der Waals surface area (Å²) in [5, 5.41) is 6.03. The van der Waals surface area contributed by atoms with Crippen LogP contribution in [0.2, 0.25) is 0 Å². The summed E-state index contributed by atoms with van der Waals surface area (Å²) in [4.78, 5) is 31.7. The third-order valence-corrected chi connectivity index (χ3v) is 8.18. The lowest BCUT2D eigenvalue weighted by atomic mass is 9.82. The summed E-state index contributed by atoms with van der Waals surface area (Å²) in [7, 11) is -3.43. The number of H-pyrrole nitrogens is 1. The summed E-state index contributed by atoms with van der Waals surface area (Å²) in [5.74, 6) is -0.753. The van der Waals surface area contributed by atoms with E-state index in [1.54, 1.807) is 19.1 Å². The number of primary amides is 1. The summed E-state index contributed by atoms with van der Waals surface area (Å²) < 4.78 is 25.3. The molecule has 0 spiro atoms. The van der Waals surface area contributed by atoms with Gasteiger partial charge < -0.3 is 22.1 Å². The molecule has 1 heterocycles. The summed E-state index contributed by atoms with van der Waals surface area (Å²) in [6.45, 7) is 5.81. The number of nitrogens with one attached hydrogen (secondary N) is 3. The number of hydrogen-bond acceptors (Lipinski definition) is 8. The first-order valence-corrected chi connectivity index (χ1v) is 13.1. The standard InChI is InChI=1S/C23H34N6O4S/c1-14(2)12-34(32,33)17-8-7-16(11-15(17)3)27-20-18(19(24)30)21(31)29-22(28-20)26-13-23(25)9-5-4-6-10-23/h7-8,11,14H,4-6,9-10,12-13,25H2,1-3H3,(H2,24,30)(H3,26,27,28,29,31). The van der Waals surface area contributed by atoms with Crippen molar-refractivity contribution in [1.29, 1.82) is 0 Å². The van der Waals surface area contributed by atoms with Gasteiger partial charge in [0.05, 0.1) is 10.6 Å². The van der Waals surface area contributed by atoms with Gasteiger partial charge in [-0.2, -0.15) is 4.98 Å². The molecule has 7 N–H and O–H groups in total. The molecule has 1 aliphatic carbocycles. The first-order chi connectivity index (χ1) is 15.9. The van der Waals surface area contributed by atoms with Gasteiger partial charge in [-0.1, -0.05) is 33.1 Å². The highest BCUT2D eigenvalue weighted by Crippen LogP contribution is 2.27. The molecule has 34 heavy (non-hydrogen) atoms. The van der Waals surface area contributed by atoms with Crippen LogP contribution in [-0.2, 0) is 9.84 Å². The molecule has 3 rings (SSSR count). The van der Waals surface area contributed by atoms with Crippen molar-refractivity contribution in [2.24, 2.45) is 17.4 Å². The van der Waals surface area contributed by atoms with Gasteiger partial charge >= 0.3 is 0 Å². The van der Waals surface area contributed by atoms with E-state index in [-0.39, 0.29) is 39.4 Å². The van der Waals surface area contributed by atoms with Crippen molar-refractivity contribution in [2.45, 2.75) is 63.3 Å². The maximum Gasteiger partial charge on any atom is 0.267 e. The van der Waals surface area contributed by atoms with E-state index in [2.05, 4.69) is 20.6 Å². The van der Waals surface area contributed by atoms with Gasteiger partial charge in [-0.05, 0) is 49.4 Å². The molecular formula is C23H34N6O4S. The fourth-order valence-corrected chi connectivity index (χ4v) is 6.19. The van der Waals surface area contributed by atoms with Gasteiger partial charge in [0.1, 0.15) is 5.56 Å². The molecule has 0 unspecified atom stereocenters. The Morgan fingerprint density at radius 3 is 2.50 bits per heavy atom. The SMILES string of the molecule is Cc1cc(Nc2nc(NCC3(N)CCCCC3)[nH]c(=O)c2C(N)=O)ccc1S(=O)(=O)CC(C)C. The average molecular weight is 491 g/mol. The molecule has 10 nitrogen and oxygen atoms in total. The smallest absolute Gasteiger partial charge is 0.267 e. The van der Waals surface area contributed by atoms with Crippen molar-refractivity contribution in [3.8, 4) is 0 Å². The van der Waals surface area contributed by atoms with Crippen LogP contribution in [0.15, 0.2) is 27.9 Å². The molecule has 1 aromatic carbocycles. The van der Waals surface area contributed by atoms with Crippen LogP contribution in [0.5, 0.6) is 0 Å². The molecule has 2 aromatic rings. The number of carbonyl (C=O) groups is 1. The second-order valence-electron chi connectivity index (χ2n) is 9.56. The number of carbonyl (C=O) groups excluding carboxylic acids is 1. The highest BCUT2D eigenvalue weighted by Gasteiger charge is 2.28. The first kappa shape index (κ1) is 25.7. The zero-order chi connectivity index (χ0) is 25.1. The lowest BCUT2D eigenvalue weighted by Gasteiger charge is -2.33. The number of nitrogens with two attached hydrogens (primary N) is 2. The molecule has 186 valence electrons. The number of aryl methyl sites for hydroxylation is 1. The minimum Gasteiger partial charge on any atom is -0.365 e. The van der Waals surface area contributed by atoms with E-state index in [0.717, 1.165) is 32.1 Å². The van der Waals surface area contributed by atoms with Gasteiger partial charge in [-0.25, -0.2) is 8.42 Å². The zero-order valence-corrected chi connectivity index (χ0v) is 20.7. The molecule has 1 fully saturated rings. The Morgan fingerprint density at radius 2 is 1.91 bits per heavy atom. The Labute approximate surface area is 199 Å². The molecule has 1 saturated carbocycles. The molecule has 11 heteroatoms. The van der Waals surface area contributed by atoms with Crippen molar-refractivity contribution in [3.63, 3.8) is 0 Å². The van der Waals surface area contributed by atoms with Crippen LogP contribution in [0.25, 0.3) is 0 Å². The van der Waals surface area contributed by atoms with Crippen LogP contribution < -0.4 is 27.7 Å². The minimum absolute atomic E-state index is 0.00670. The summed E-state index contributed by atoms with van der Waals surface area (Å²) in [6, 6.07) is 4.70. The van der Waals surface area contributed by atoms with Crippen LogP contribution in [-0.4, -0.2) is 42.1 Å². The zero-order valence-electron chi connectivity index (χ0n) is 19.9. The molecule has 1 amide bonds. The van der Waals surface area contributed by atoms with Crippen LogP contribution in [0, 0.1) is 12.8 Å². The number of rotatable bonds is 9. The van der Waals surface area contributed by atoms with Gasteiger partial charge in [-0.15, -0.1) is 0 Å². The van der Waals surface area contributed by atoms with E-state index in [9.17, 15) is 18.0 Å². The quantitative estimate of drug-likeness (QED) is 0.356. The van der Waals surface area contributed by atoms with Crippen molar-refractivity contribution in [2.75, 3.05) is 22.9 Å². The van der Waals surface area contributed by atoms with Crippen LogP contribution >= 0.6 is 0 Å². The largest absolute Gasteiger partial charge is 0.365 e. The number of anilines is 3. The molecule has 0 bridgehead atoms. The minimum atomic E-state index is -3.43. The van der Waals surface area contributed by atoms with Gasteiger partial charge in [-0.3, -0.25) is 14.6 Å². The maximum absolute atomic E-state index is 12.6. The summed E-state index contributed by atoms with van der Waals surface area (Å²) >= 11 is 0. The third-order valence-electron chi connectivity index (χ3n) is 5.95. The van der Waals surface area contributed by atoms with E-state index in [1.165, 1.54) is 6.07 Å². The molecule has 1 aliphatic rings. The van der Waals surface area contributed by atoms with Gasteiger partial charge in [0.15, 0.2) is 15.7 Å². The normalized spacial score (nSPS) is 15.8. The Kier molecular flexibility index (Phi) is 7.67. The van der Waals surface area contributed by atoms with Crippen molar-refractivity contribution >= 4 is 33.2 Å². The Morgan fingerprint density at radius 1 is 1.24 bits per heavy atom. The van der Waals surface area contributed by atoms with E-state index >= 15 is 0 Å². The molecular weight excluding hydrogens is 456 g/mol. The highest BCUT2D eigenvalue weighted by atomic mass is 32.2. The molecule has 0 radical (unpaired) electrons. The van der Waals surface area contributed by atoms with Gasteiger partial charge in [0.25, 0.3) is 11.5 Å². The van der Waals surface area contributed by atoms with Crippen molar-refractivity contribution in [3.05, 3.63) is 39.7 Å². The van der Waals surface area contributed by atoms with Crippen molar-refractivity contribution in [1.82, 2.24) is 9.97 Å². The predicted molar refractivity (Wildman–Crippen MR) is 133 cm³/mol. The van der Waals surface area contributed by atoms with E-state index in [0.29, 0.717) is 17.8 Å². The number of sulfone groups is 1. The number of nitrogens with zero attached hydrogens (tertiary/aromatic N) is 1. The monoisotopic (exact) mass is 490 g/mol. The summed E-state index contributed by atoms with van der Waals surface area (Å²) in [5.41, 5.74) is 11.5. The molecule has 0 atom stereocenters. The molecule has 0 aliphatic heterocycles. The number of benzene rings is 1. The van der Waals surface area contributed by atoms with E-state index < -0.39 is 21.3 Å². The second kappa shape index (κ2) is 10.1. The fraction of sp³-hybridized carbons (Fsp3) is 0.522. The number of aromatic amines is 1. The summed E-state index contributed by atoms with van der Waals surface area (Å²) in [6.07, 6.45) is 5.02. The average Bonchev–Trinajstić information content (AvgIpc) is 2.71. The highest BCUT2D eigenvalue weighted by molar-refractivity contribution is 7.91. The number of amides is 1. The van der Waals surface area contributed by atoms with Crippen molar-refractivity contribution < 1.29 is 13.2 Å². The third kappa shape index (κ3) is 6.15. The van der Waals surface area contributed by atoms with E-state index in [4.69, 9.17) is 11.5 Å². The first-order valence-electron chi connectivity index (χ1n) is 11.5. The topological polar surface area (TPSA) is 173 Å². The fourth-order valence-electron chi connectivity index (χ4n) is 4.31. The molecule has 0 saturated heterocycles.